The number of ether oxygens (including phenoxy) is 1. The van der Waals surface area contributed by atoms with Gasteiger partial charge >= 0.3 is 0 Å². The lowest BCUT2D eigenvalue weighted by molar-refractivity contribution is 0.396. The first-order valence-electron chi connectivity index (χ1n) is 7.82. The van der Waals surface area contributed by atoms with Crippen LogP contribution in [0, 0.1) is 11.3 Å². The van der Waals surface area contributed by atoms with Crippen molar-refractivity contribution in [2.45, 2.75) is 10.6 Å². The van der Waals surface area contributed by atoms with Gasteiger partial charge in [0, 0.05) is 37.4 Å². The van der Waals surface area contributed by atoms with Crippen molar-refractivity contribution in [3.63, 3.8) is 0 Å². The molecule has 6 heteroatoms. The van der Waals surface area contributed by atoms with Crippen LogP contribution in [-0.2, 0) is 5.75 Å². The van der Waals surface area contributed by atoms with E-state index in [2.05, 4.69) is 17.1 Å². The van der Waals surface area contributed by atoms with Gasteiger partial charge in [-0.25, -0.2) is 4.98 Å². The lowest BCUT2D eigenvalue weighted by Gasteiger charge is -2.24. The van der Waals surface area contributed by atoms with Crippen LogP contribution in [0.3, 0.4) is 0 Å². The van der Waals surface area contributed by atoms with Gasteiger partial charge in [0.05, 0.1) is 12.8 Å². The standard InChI is InChI=1S/C20H12Cl2N2OS/c1-25-20-14(9-23)18(12-7-6-11(21)8-15(12)22)19-13-4-2-3-5-17(13)26-10-16(19)24-20/h2-8H,10H2,1H3. The van der Waals surface area contributed by atoms with E-state index in [4.69, 9.17) is 27.9 Å². The van der Waals surface area contributed by atoms with Crippen LogP contribution in [0.2, 0.25) is 10.0 Å². The topological polar surface area (TPSA) is 45.9 Å². The van der Waals surface area contributed by atoms with Crippen molar-refractivity contribution in [1.29, 1.82) is 5.26 Å². The third kappa shape index (κ3) is 2.73. The average Bonchev–Trinajstić information content (AvgIpc) is 2.66. The van der Waals surface area contributed by atoms with E-state index < -0.39 is 0 Å². The summed E-state index contributed by atoms with van der Waals surface area (Å²) in [6.07, 6.45) is 0. The molecule has 3 nitrogen and oxygen atoms in total. The molecule has 0 saturated carbocycles. The summed E-state index contributed by atoms with van der Waals surface area (Å²) < 4.78 is 5.40. The van der Waals surface area contributed by atoms with Gasteiger partial charge in [-0.1, -0.05) is 47.5 Å². The Balaban J connectivity index is 2.15. The Morgan fingerprint density at radius 3 is 2.65 bits per heavy atom. The van der Waals surface area contributed by atoms with Gasteiger partial charge < -0.3 is 4.74 Å². The molecule has 128 valence electrons. The smallest absolute Gasteiger partial charge is 0.232 e. The number of aromatic nitrogens is 1. The molecule has 0 radical (unpaired) electrons. The van der Waals surface area contributed by atoms with E-state index in [0.29, 0.717) is 27.2 Å². The quantitative estimate of drug-likeness (QED) is 0.514. The Bertz CT molecular complexity index is 1080. The van der Waals surface area contributed by atoms with Crippen LogP contribution in [-0.4, -0.2) is 12.1 Å². The zero-order valence-electron chi connectivity index (χ0n) is 13.7. The number of rotatable bonds is 2. The van der Waals surface area contributed by atoms with Gasteiger partial charge in [0.15, 0.2) is 0 Å². The van der Waals surface area contributed by atoms with E-state index in [1.165, 1.54) is 7.11 Å². The summed E-state index contributed by atoms with van der Waals surface area (Å²) in [7, 11) is 1.52. The third-order valence-electron chi connectivity index (χ3n) is 4.27. The van der Waals surface area contributed by atoms with Crippen molar-refractivity contribution in [2.24, 2.45) is 0 Å². The van der Waals surface area contributed by atoms with E-state index >= 15 is 0 Å². The highest BCUT2D eigenvalue weighted by Crippen LogP contribution is 2.49. The number of methoxy groups -OCH3 is 1. The lowest BCUT2D eigenvalue weighted by atomic mass is 9.90. The van der Waals surface area contributed by atoms with Gasteiger partial charge in [0.1, 0.15) is 11.6 Å². The minimum absolute atomic E-state index is 0.312. The second-order valence-corrected chi connectivity index (χ2v) is 7.57. The molecular weight excluding hydrogens is 387 g/mol. The van der Waals surface area contributed by atoms with E-state index in [9.17, 15) is 5.26 Å². The number of nitriles is 1. The minimum atomic E-state index is 0.312. The first-order valence-corrected chi connectivity index (χ1v) is 9.56. The van der Waals surface area contributed by atoms with Crippen LogP contribution in [0.25, 0.3) is 22.3 Å². The zero-order chi connectivity index (χ0) is 18.3. The Kier molecular flexibility index (Phi) is 4.54. The number of thioether (sulfide) groups is 1. The van der Waals surface area contributed by atoms with Gasteiger partial charge in [-0.15, -0.1) is 11.8 Å². The van der Waals surface area contributed by atoms with Crippen LogP contribution in [0.5, 0.6) is 5.88 Å². The normalized spacial score (nSPS) is 12.1. The Hall–Kier alpha value is -2.19. The fraction of sp³-hybridized carbons (Fsp3) is 0.100. The van der Waals surface area contributed by atoms with Gasteiger partial charge in [0.25, 0.3) is 0 Å². The van der Waals surface area contributed by atoms with E-state index in [1.807, 2.05) is 24.3 Å². The SMILES string of the molecule is COc1nc2c(c(-c3ccc(Cl)cc3Cl)c1C#N)-c1ccccc1SC2. The molecule has 1 aromatic heterocycles. The largest absolute Gasteiger partial charge is 0.480 e. The van der Waals surface area contributed by atoms with Gasteiger partial charge in [0.2, 0.25) is 5.88 Å². The predicted octanol–water partition coefficient (Wildman–Crippen LogP) is 6.21. The second-order valence-electron chi connectivity index (χ2n) is 5.71. The fourth-order valence-corrected chi connectivity index (χ4v) is 4.67. The van der Waals surface area contributed by atoms with Gasteiger partial charge in [-0.3, -0.25) is 0 Å². The van der Waals surface area contributed by atoms with Gasteiger partial charge in [-0.2, -0.15) is 5.26 Å². The molecule has 0 bridgehead atoms. The molecule has 0 spiro atoms. The molecule has 0 aliphatic carbocycles. The fourth-order valence-electron chi connectivity index (χ4n) is 3.16. The zero-order valence-corrected chi connectivity index (χ0v) is 16.0. The number of pyridine rings is 1. The lowest BCUT2D eigenvalue weighted by Crippen LogP contribution is -2.06. The van der Waals surface area contributed by atoms with Gasteiger partial charge in [-0.05, 0) is 23.8 Å². The van der Waals surface area contributed by atoms with Crippen LogP contribution >= 0.6 is 35.0 Å². The molecule has 1 aliphatic heterocycles. The summed E-state index contributed by atoms with van der Waals surface area (Å²) in [5, 5.41) is 10.9. The molecule has 2 aromatic carbocycles. The van der Waals surface area contributed by atoms with Crippen LogP contribution in [0.15, 0.2) is 47.4 Å². The molecule has 0 atom stereocenters. The maximum absolute atomic E-state index is 9.84. The second kappa shape index (κ2) is 6.85. The first kappa shape index (κ1) is 17.2. The molecule has 0 saturated heterocycles. The maximum Gasteiger partial charge on any atom is 0.232 e. The molecular formula is C20H12Cl2N2OS. The van der Waals surface area contributed by atoms with Crippen molar-refractivity contribution in [2.75, 3.05) is 7.11 Å². The highest BCUT2D eigenvalue weighted by Gasteiger charge is 2.28. The average molecular weight is 399 g/mol. The molecule has 1 aliphatic rings. The van der Waals surface area contributed by atoms with E-state index in [0.717, 1.165) is 32.8 Å². The molecule has 0 unspecified atom stereocenters. The summed E-state index contributed by atoms with van der Waals surface area (Å²) in [5.41, 5.74) is 4.71. The first-order chi connectivity index (χ1) is 12.6. The highest BCUT2D eigenvalue weighted by atomic mass is 35.5. The monoisotopic (exact) mass is 398 g/mol. The summed E-state index contributed by atoms with van der Waals surface area (Å²) in [6, 6.07) is 15.7. The van der Waals surface area contributed by atoms with Crippen molar-refractivity contribution < 1.29 is 4.74 Å². The molecule has 3 aromatic rings. The highest BCUT2D eigenvalue weighted by molar-refractivity contribution is 7.98. The van der Waals surface area contributed by atoms with E-state index in [1.54, 1.807) is 23.9 Å². The molecule has 0 fully saturated rings. The van der Waals surface area contributed by atoms with Crippen LogP contribution in [0.1, 0.15) is 11.3 Å². The predicted molar refractivity (Wildman–Crippen MR) is 106 cm³/mol. The van der Waals surface area contributed by atoms with Crippen LogP contribution in [0.4, 0.5) is 0 Å². The summed E-state index contributed by atoms with van der Waals surface area (Å²) in [5.74, 6) is 1.01. The number of fused-ring (bicyclic) bond motifs is 3. The van der Waals surface area contributed by atoms with E-state index in [-0.39, 0.29) is 0 Å². The summed E-state index contributed by atoms with van der Waals surface area (Å²) in [6.45, 7) is 0. The maximum atomic E-state index is 9.84. The Morgan fingerprint density at radius 2 is 1.92 bits per heavy atom. The summed E-state index contributed by atoms with van der Waals surface area (Å²) >= 11 is 14.3. The van der Waals surface area contributed by atoms with Crippen molar-refractivity contribution in [3.05, 3.63) is 63.8 Å². The molecule has 2 heterocycles. The van der Waals surface area contributed by atoms with Crippen molar-refractivity contribution >= 4 is 35.0 Å². The number of hydrogen-bond donors (Lipinski definition) is 0. The number of benzene rings is 2. The summed E-state index contributed by atoms with van der Waals surface area (Å²) in [4.78, 5) is 5.75. The van der Waals surface area contributed by atoms with Crippen molar-refractivity contribution in [1.82, 2.24) is 4.98 Å². The molecule has 0 N–H and O–H groups in total. The van der Waals surface area contributed by atoms with Crippen LogP contribution < -0.4 is 4.74 Å². The molecule has 0 amide bonds. The Morgan fingerprint density at radius 1 is 1.12 bits per heavy atom. The molecule has 4 rings (SSSR count). The third-order valence-corrected chi connectivity index (χ3v) is 5.90. The minimum Gasteiger partial charge on any atom is -0.480 e. The number of hydrogen-bond acceptors (Lipinski definition) is 4. The Labute approximate surface area is 165 Å². The number of halogens is 2. The number of nitrogens with zero attached hydrogens (tertiary/aromatic N) is 2. The molecule has 26 heavy (non-hydrogen) atoms. The van der Waals surface area contributed by atoms with Crippen molar-refractivity contribution in [3.8, 4) is 34.2 Å².